The van der Waals surface area contributed by atoms with Crippen molar-refractivity contribution in [3.8, 4) is 0 Å². The van der Waals surface area contributed by atoms with Crippen LogP contribution in [0.25, 0.3) is 0 Å². The van der Waals surface area contributed by atoms with Gasteiger partial charge in [-0.15, -0.1) is 0 Å². The zero-order valence-electron chi connectivity index (χ0n) is 13.5. The zero-order valence-corrected chi connectivity index (χ0v) is 14.3. The fraction of sp³-hybridized carbons (Fsp3) is 0.471. The second-order valence-electron chi connectivity index (χ2n) is 6.27. The summed E-state index contributed by atoms with van der Waals surface area (Å²) in [6.07, 6.45) is 4.73. The predicted octanol–water partition coefficient (Wildman–Crippen LogP) is 1.72. The van der Waals surface area contributed by atoms with Crippen LogP contribution in [-0.4, -0.2) is 50.5 Å². The quantitative estimate of drug-likeness (QED) is 0.877. The minimum absolute atomic E-state index is 0.217. The Bertz CT molecular complexity index is 738. The molecule has 1 aromatic rings. The Labute approximate surface area is 142 Å². The number of halogens is 1. The Morgan fingerprint density at radius 3 is 2.67 bits per heavy atom. The van der Waals surface area contributed by atoms with Crippen LogP contribution in [0.5, 0.6) is 0 Å². The maximum absolute atomic E-state index is 13.7. The predicted molar refractivity (Wildman–Crippen MR) is 93.1 cm³/mol. The van der Waals surface area contributed by atoms with E-state index >= 15 is 0 Å². The third-order valence-corrected chi connectivity index (χ3v) is 6.72. The monoisotopic (exact) mass is 351 g/mol. The third-order valence-electron chi connectivity index (χ3n) is 4.52. The minimum atomic E-state index is -3.34. The van der Waals surface area contributed by atoms with Crippen LogP contribution < -0.4 is 5.32 Å². The molecule has 5 nitrogen and oxygen atoms in total. The molecule has 3 rings (SSSR count). The smallest absolute Gasteiger partial charge is 0.157 e. The molecule has 7 heteroatoms. The highest BCUT2D eigenvalue weighted by Crippen LogP contribution is 2.22. The SMILES string of the molecule is O=S(=O)(Cc1ccccc1F)C1CCN(CC2=NC=CNC2)CC1. The molecule has 0 radical (unpaired) electrons. The summed E-state index contributed by atoms with van der Waals surface area (Å²) in [4.78, 5) is 6.56. The molecule has 0 aromatic heterocycles. The van der Waals surface area contributed by atoms with Gasteiger partial charge in [-0.3, -0.25) is 9.89 Å². The van der Waals surface area contributed by atoms with Crippen LogP contribution in [-0.2, 0) is 15.6 Å². The number of aliphatic imine (C=N–C) groups is 1. The molecule has 0 spiro atoms. The molecule has 0 aliphatic carbocycles. The lowest BCUT2D eigenvalue weighted by Crippen LogP contribution is -2.43. The van der Waals surface area contributed by atoms with Gasteiger partial charge >= 0.3 is 0 Å². The van der Waals surface area contributed by atoms with Gasteiger partial charge in [0.05, 0.1) is 23.3 Å². The van der Waals surface area contributed by atoms with Gasteiger partial charge in [0.25, 0.3) is 0 Å². The molecule has 0 saturated carbocycles. The molecule has 0 amide bonds. The van der Waals surface area contributed by atoms with Crippen molar-refractivity contribution in [2.24, 2.45) is 4.99 Å². The van der Waals surface area contributed by atoms with Gasteiger partial charge in [-0.2, -0.15) is 0 Å². The van der Waals surface area contributed by atoms with Gasteiger partial charge in [0.2, 0.25) is 0 Å². The maximum atomic E-state index is 13.7. The van der Waals surface area contributed by atoms with Crippen molar-refractivity contribution in [3.63, 3.8) is 0 Å². The molecule has 1 aromatic carbocycles. The molecule has 1 saturated heterocycles. The second-order valence-corrected chi connectivity index (χ2v) is 8.55. The highest BCUT2D eigenvalue weighted by atomic mass is 32.2. The number of hydrogen-bond acceptors (Lipinski definition) is 5. The van der Waals surface area contributed by atoms with Gasteiger partial charge in [0.15, 0.2) is 9.84 Å². The van der Waals surface area contributed by atoms with Gasteiger partial charge < -0.3 is 5.32 Å². The molecular formula is C17H22FN3O2S. The van der Waals surface area contributed by atoms with Crippen LogP contribution in [0, 0.1) is 5.82 Å². The largest absolute Gasteiger partial charge is 0.384 e. The molecular weight excluding hydrogens is 329 g/mol. The summed E-state index contributed by atoms with van der Waals surface area (Å²) in [6, 6.07) is 6.09. The van der Waals surface area contributed by atoms with E-state index in [1.165, 1.54) is 6.07 Å². The molecule has 0 bridgehead atoms. The lowest BCUT2D eigenvalue weighted by atomic mass is 10.1. The van der Waals surface area contributed by atoms with Crippen molar-refractivity contribution in [2.45, 2.75) is 23.8 Å². The molecule has 2 aliphatic heterocycles. The summed E-state index contributed by atoms with van der Waals surface area (Å²) >= 11 is 0. The van der Waals surface area contributed by atoms with Crippen molar-refractivity contribution < 1.29 is 12.8 Å². The lowest BCUT2D eigenvalue weighted by molar-refractivity contribution is 0.258. The summed E-state index contributed by atoms with van der Waals surface area (Å²) in [7, 11) is -3.34. The summed E-state index contributed by atoms with van der Waals surface area (Å²) in [5.74, 6) is -0.666. The average molecular weight is 351 g/mol. The van der Waals surface area contributed by atoms with E-state index in [0.717, 1.165) is 31.9 Å². The molecule has 0 atom stereocenters. The zero-order chi connectivity index (χ0) is 17.0. The molecule has 1 N–H and O–H groups in total. The van der Waals surface area contributed by atoms with E-state index in [1.54, 1.807) is 24.4 Å². The van der Waals surface area contributed by atoms with Crippen LogP contribution in [0.1, 0.15) is 18.4 Å². The van der Waals surface area contributed by atoms with Crippen molar-refractivity contribution in [1.82, 2.24) is 10.2 Å². The van der Waals surface area contributed by atoms with Crippen molar-refractivity contribution >= 4 is 15.5 Å². The van der Waals surface area contributed by atoms with E-state index in [9.17, 15) is 12.8 Å². The molecule has 0 unspecified atom stereocenters. The van der Waals surface area contributed by atoms with Crippen LogP contribution in [0.4, 0.5) is 4.39 Å². The summed E-state index contributed by atoms with van der Waals surface area (Å²) in [5, 5.41) is 2.73. The van der Waals surface area contributed by atoms with E-state index < -0.39 is 15.7 Å². The van der Waals surface area contributed by atoms with Crippen molar-refractivity contribution in [3.05, 3.63) is 48.0 Å². The van der Waals surface area contributed by atoms with Crippen LogP contribution >= 0.6 is 0 Å². The average Bonchev–Trinajstić information content (AvgIpc) is 2.58. The lowest BCUT2D eigenvalue weighted by Gasteiger charge is -2.32. The number of hydrogen-bond donors (Lipinski definition) is 1. The third kappa shape index (κ3) is 4.21. The molecule has 2 heterocycles. The number of nitrogens with one attached hydrogen (secondary N) is 1. The first-order chi connectivity index (χ1) is 11.5. The van der Waals surface area contributed by atoms with E-state index in [1.807, 2.05) is 6.20 Å². The van der Waals surface area contributed by atoms with Gasteiger partial charge in [-0.05, 0) is 32.0 Å². The normalized spacial score (nSPS) is 19.8. The Morgan fingerprint density at radius 2 is 2.00 bits per heavy atom. The Balaban J connectivity index is 1.56. The van der Waals surface area contributed by atoms with Gasteiger partial charge in [-0.1, -0.05) is 18.2 Å². The molecule has 24 heavy (non-hydrogen) atoms. The van der Waals surface area contributed by atoms with Crippen molar-refractivity contribution in [1.29, 1.82) is 0 Å². The van der Waals surface area contributed by atoms with E-state index in [2.05, 4.69) is 15.2 Å². The summed E-state index contributed by atoms with van der Waals surface area (Å²) < 4.78 is 38.9. The number of likely N-dealkylation sites (tertiary alicyclic amines) is 1. The van der Waals surface area contributed by atoms with Crippen LogP contribution in [0.3, 0.4) is 0 Å². The fourth-order valence-corrected chi connectivity index (χ4v) is 4.98. The second kappa shape index (κ2) is 7.44. The summed E-state index contributed by atoms with van der Waals surface area (Å²) in [6.45, 7) is 2.95. The molecule has 130 valence electrons. The van der Waals surface area contributed by atoms with Gasteiger partial charge in [0.1, 0.15) is 5.82 Å². The Kier molecular flexibility index (Phi) is 5.30. The number of piperidine rings is 1. The van der Waals surface area contributed by atoms with Gasteiger partial charge in [-0.25, -0.2) is 12.8 Å². The standard InChI is InChI=1S/C17H22FN3O2S/c18-17-4-2-1-3-14(17)13-24(22,23)16-5-9-21(10-6-16)12-15-11-19-7-8-20-15/h1-4,7-8,16,19H,5-6,9-13H2. The van der Waals surface area contributed by atoms with E-state index in [0.29, 0.717) is 12.8 Å². The number of rotatable bonds is 5. The highest BCUT2D eigenvalue weighted by molar-refractivity contribution is 7.91. The Morgan fingerprint density at radius 1 is 1.25 bits per heavy atom. The first kappa shape index (κ1) is 17.1. The number of nitrogens with zero attached hydrogens (tertiary/aromatic N) is 2. The van der Waals surface area contributed by atoms with Crippen molar-refractivity contribution in [2.75, 3.05) is 26.2 Å². The van der Waals surface area contributed by atoms with Crippen LogP contribution in [0.15, 0.2) is 41.7 Å². The fourth-order valence-electron chi connectivity index (χ4n) is 3.15. The topological polar surface area (TPSA) is 61.8 Å². The Hall–Kier alpha value is -1.73. The molecule has 2 aliphatic rings. The van der Waals surface area contributed by atoms with Crippen LogP contribution in [0.2, 0.25) is 0 Å². The maximum Gasteiger partial charge on any atom is 0.157 e. The molecule has 1 fully saturated rings. The number of sulfone groups is 1. The highest BCUT2D eigenvalue weighted by Gasteiger charge is 2.30. The first-order valence-corrected chi connectivity index (χ1v) is 9.87. The summed E-state index contributed by atoms with van der Waals surface area (Å²) in [5.41, 5.74) is 1.32. The minimum Gasteiger partial charge on any atom is -0.384 e. The first-order valence-electron chi connectivity index (χ1n) is 8.16. The van der Waals surface area contributed by atoms with Gasteiger partial charge in [0, 0.05) is 24.5 Å². The van der Waals surface area contributed by atoms with E-state index in [4.69, 9.17) is 0 Å². The number of benzene rings is 1. The van der Waals surface area contributed by atoms with E-state index in [-0.39, 0.29) is 16.6 Å².